The van der Waals surface area contributed by atoms with Gasteiger partial charge in [-0.05, 0) is 30.8 Å². The molecule has 1 saturated heterocycles. The number of likely N-dealkylation sites (N-methyl/N-ethyl adjacent to an activating group) is 1. The van der Waals surface area contributed by atoms with Crippen LogP contribution in [-0.2, 0) is 4.79 Å². The van der Waals surface area contributed by atoms with Crippen LogP contribution < -0.4 is 15.8 Å². The van der Waals surface area contributed by atoms with Crippen LogP contribution in [0.3, 0.4) is 0 Å². The van der Waals surface area contributed by atoms with E-state index in [1.807, 2.05) is 24.3 Å². The van der Waals surface area contributed by atoms with Crippen LogP contribution in [0.25, 0.3) is 0 Å². The number of carbonyl (C=O) groups excluding carboxylic acids is 1. The molecule has 25 heavy (non-hydrogen) atoms. The number of benzene rings is 1. The third-order valence-corrected chi connectivity index (χ3v) is 4.09. The number of hydrogen-bond acceptors (Lipinski definition) is 5. The predicted octanol–water partition coefficient (Wildman–Crippen LogP) is 1.83. The van der Waals surface area contributed by atoms with Crippen molar-refractivity contribution in [3.8, 4) is 5.75 Å². The molecule has 1 aliphatic heterocycles. The number of rotatable bonds is 8. The average Bonchev–Trinajstić information content (AvgIpc) is 2.60. The third-order valence-electron chi connectivity index (χ3n) is 4.09. The summed E-state index contributed by atoms with van der Waals surface area (Å²) in [6.07, 6.45) is 0.525. The van der Waals surface area contributed by atoms with E-state index in [0.29, 0.717) is 19.6 Å². The topological polar surface area (TPSA) is 70.8 Å². The number of nitrogens with zero attached hydrogens (tertiary/aromatic N) is 2. The van der Waals surface area contributed by atoms with Crippen molar-refractivity contribution in [2.24, 2.45) is 5.73 Å². The maximum Gasteiger partial charge on any atom is 0.225 e. The predicted molar refractivity (Wildman–Crippen MR) is 107 cm³/mol. The van der Waals surface area contributed by atoms with Crippen LogP contribution in [-0.4, -0.2) is 68.1 Å². The minimum absolute atomic E-state index is 0. The van der Waals surface area contributed by atoms with E-state index in [-0.39, 0.29) is 30.7 Å². The van der Waals surface area contributed by atoms with E-state index in [2.05, 4.69) is 22.0 Å². The fraction of sp³-hybridized carbons (Fsp3) is 0.588. The van der Waals surface area contributed by atoms with Crippen LogP contribution in [0.5, 0.6) is 5.75 Å². The number of halogens is 2. The summed E-state index contributed by atoms with van der Waals surface area (Å²) in [6.45, 7) is 9.41. The van der Waals surface area contributed by atoms with Crippen LogP contribution in [0.2, 0.25) is 0 Å². The summed E-state index contributed by atoms with van der Waals surface area (Å²) in [7, 11) is 0. The fourth-order valence-electron chi connectivity index (χ4n) is 2.62. The lowest BCUT2D eigenvalue weighted by molar-refractivity contribution is -0.116. The number of piperazine rings is 1. The van der Waals surface area contributed by atoms with Crippen molar-refractivity contribution in [3.63, 3.8) is 0 Å². The number of nitrogens with two attached hydrogens (primary N) is 1. The van der Waals surface area contributed by atoms with Gasteiger partial charge in [0.05, 0.1) is 0 Å². The van der Waals surface area contributed by atoms with Crippen LogP contribution in [0.4, 0.5) is 5.69 Å². The molecule has 1 amide bonds. The Kier molecular flexibility index (Phi) is 12.6. The summed E-state index contributed by atoms with van der Waals surface area (Å²) in [5.74, 6) is 0.820. The highest BCUT2D eigenvalue weighted by Crippen LogP contribution is 2.15. The molecule has 2 rings (SSSR count). The van der Waals surface area contributed by atoms with Gasteiger partial charge in [-0.25, -0.2) is 0 Å². The van der Waals surface area contributed by atoms with E-state index in [1.165, 1.54) is 0 Å². The van der Waals surface area contributed by atoms with Gasteiger partial charge in [-0.1, -0.05) is 6.92 Å². The Morgan fingerprint density at radius 1 is 1.12 bits per heavy atom. The summed E-state index contributed by atoms with van der Waals surface area (Å²) in [5, 5.41) is 2.93. The molecule has 0 saturated carbocycles. The lowest BCUT2D eigenvalue weighted by atomic mass is 10.2. The number of carbonyl (C=O) groups is 1. The van der Waals surface area contributed by atoms with Crippen molar-refractivity contribution >= 4 is 36.4 Å². The summed E-state index contributed by atoms with van der Waals surface area (Å²) in [6, 6.07) is 7.39. The van der Waals surface area contributed by atoms with Crippen molar-refractivity contribution in [1.82, 2.24) is 9.80 Å². The zero-order chi connectivity index (χ0) is 16.5. The Morgan fingerprint density at radius 3 is 2.28 bits per heavy atom. The second-order valence-electron chi connectivity index (χ2n) is 5.74. The van der Waals surface area contributed by atoms with Crippen LogP contribution in [0.1, 0.15) is 13.3 Å². The lowest BCUT2D eigenvalue weighted by Crippen LogP contribution is -2.46. The lowest BCUT2D eigenvalue weighted by Gasteiger charge is -2.33. The number of ether oxygens (including phenoxy) is 1. The number of anilines is 1. The molecule has 0 atom stereocenters. The van der Waals surface area contributed by atoms with Gasteiger partial charge in [-0.3, -0.25) is 4.79 Å². The first-order chi connectivity index (χ1) is 11.2. The zero-order valence-electron chi connectivity index (χ0n) is 14.8. The van der Waals surface area contributed by atoms with E-state index < -0.39 is 0 Å². The zero-order valence-corrected chi connectivity index (χ0v) is 16.4. The Bertz CT molecular complexity index is 480. The molecule has 0 aliphatic carbocycles. The highest BCUT2D eigenvalue weighted by atomic mass is 35.5. The molecule has 0 unspecified atom stereocenters. The molecule has 0 spiro atoms. The van der Waals surface area contributed by atoms with Gasteiger partial charge < -0.3 is 25.6 Å². The van der Waals surface area contributed by atoms with E-state index in [0.717, 1.165) is 50.7 Å². The fourth-order valence-corrected chi connectivity index (χ4v) is 2.62. The summed E-state index contributed by atoms with van der Waals surface area (Å²) < 4.78 is 5.41. The highest BCUT2D eigenvalue weighted by Gasteiger charge is 2.16. The highest BCUT2D eigenvalue weighted by molar-refractivity contribution is 5.90. The van der Waals surface area contributed by atoms with Gasteiger partial charge in [0, 0.05) is 51.4 Å². The van der Waals surface area contributed by atoms with Gasteiger partial charge in [0.2, 0.25) is 5.91 Å². The molecule has 3 N–H and O–H groups in total. The van der Waals surface area contributed by atoms with Gasteiger partial charge in [-0.2, -0.15) is 0 Å². The molecule has 1 aromatic rings. The molecule has 144 valence electrons. The van der Waals surface area contributed by atoms with Crippen LogP contribution >= 0.6 is 24.8 Å². The quantitative estimate of drug-likeness (QED) is 0.705. The third kappa shape index (κ3) is 8.74. The van der Waals surface area contributed by atoms with Crippen LogP contribution in [0.15, 0.2) is 24.3 Å². The van der Waals surface area contributed by atoms with Crippen LogP contribution in [0, 0.1) is 0 Å². The van der Waals surface area contributed by atoms with E-state index in [9.17, 15) is 4.79 Å². The standard InChI is InChI=1S/C17H28N4O2.2ClH/c1-2-20-10-12-21(13-11-20)9-7-17(22)19-15-3-5-16(6-4-15)23-14-8-18;;/h3-6H,2,7-14,18H2,1H3,(H,19,22);2*1H. The number of hydrogen-bond donors (Lipinski definition) is 2. The SMILES string of the molecule is CCN1CCN(CCC(=O)Nc2ccc(OCCN)cc2)CC1.Cl.Cl. The first-order valence-corrected chi connectivity index (χ1v) is 8.38. The summed E-state index contributed by atoms with van der Waals surface area (Å²) >= 11 is 0. The molecule has 1 aromatic carbocycles. The van der Waals surface area contributed by atoms with Crippen molar-refractivity contribution in [2.45, 2.75) is 13.3 Å². The minimum atomic E-state index is 0. The second-order valence-corrected chi connectivity index (χ2v) is 5.74. The van der Waals surface area contributed by atoms with E-state index >= 15 is 0 Å². The normalized spacial score (nSPS) is 15.0. The first kappa shape index (κ1) is 23.9. The maximum atomic E-state index is 12.0. The van der Waals surface area contributed by atoms with Gasteiger partial charge in [-0.15, -0.1) is 24.8 Å². The molecule has 0 aromatic heterocycles. The molecule has 0 radical (unpaired) electrons. The van der Waals surface area contributed by atoms with Crippen molar-refractivity contribution in [3.05, 3.63) is 24.3 Å². The molecule has 1 heterocycles. The number of nitrogens with one attached hydrogen (secondary N) is 1. The molecule has 6 nitrogen and oxygen atoms in total. The summed E-state index contributed by atoms with van der Waals surface area (Å²) in [5.41, 5.74) is 6.19. The molecule has 1 fully saturated rings. The van der Waals surface area contributed by atoms with Crippen molar-refractivity contribution in [2.75, 3.05) is 57.7 Å². The van der Waals surface area contributed by atoms with Crippen molar-refractivity contribution < 1.29 is 9.53 Å². The number of amides is 1. The Hall–Kier alpha value is -1.05. The first-order valence-electron chi connectivity index (χ1n) is 8.38. The smallest absolute Gasteiger partial charge is 0.225 e. The average molecular weight is 393 g/mol. The summed E-state index contributed by atoms with van der Waals surface area (Å²) in [4.78, 5) is 16.8. The Balaban J connectivity index is 0.00000288. The van der Waals surface area contributed by atoms with Gasteiger partial charge in [0.1, 0.15) is 12.4 Å². The van der Waals surface area contributed by atoms with E-state index in [1.54, 1.807) is 0 Å². The van der Waals surface area contributed by atoms with E-state index in [4.69, 9.17) is 10.5 Å². The largest absolute Gasteiger partial charge is 0.492 e. The maximum absolute atomic E-state index is 12.0. The Labute approximate surface area is 162 Å². The van der Waals surface area contributed by atoms with Gasteiger partial charge in [0.25, 0.3) is 0 Å². The van der Waals surface area contributed by atoms with Gasteiger partial charge in [0.15, 0.2) is 0 Å². The monoisotopic (exact) mass is 392 g/mol. The molecular weight excluding hydrogens is 363 g/mol. The molecule has 1 aliphatic rings. The molecule has 0 bridgehead atoms. The minimum Gasteiger partial charge on any atom is -0.492 e. The molecule has 8 heteroatoms. The van der Waals surface area contributed by atoms with Crippen molar-refractivity contribution in [1.29, 1.82) is 0 Å². The second kappa shape index (κ2) is 13.2. The molecular formula is C17H30Cl2N4O2. The van der Waals surface area contributed by atoms with Gasteiger partial charge >= 0.3 is 0 Å². The Morgan fingerprint density at radius 2 is 1.72 bits per heavy atom.